The molecule has 5 N–H and O–H groups in total. The molecule has 0 unspecified atom stereocenters. The number of aryl methyl sites for hydroxylation is 1. The monoisotopic (exact) mass is 414 g/mol. The Balaban J connectivity index is 1.84. The maximum absolute atomic E-state index is 13.2. The van der Waals surface area contributed by atoms with Gasteiger partial charge in [-0.05, 0) is 57.4 Å². The van der Waals surface area contributed by atoms with Crippen LogP contribution in [0, 0.1) is 6.92 Å². The second kappa shape index (κ2) is 10.7. The average molecular weight is 415 g/mol. The number of hydrogen-bond donors (Lipinski definition) is 3. The van der Waals surface area contributed by atoms with Crippen molar-refractivity contribution in [2.45, 2.75) is 51.3 Å². The number of pyridine rings is 1. The van der Waals surface area contributed by atoms with E-state index in [1.165, 1.54) is 0 Å². The molecule has 2 fully saturated rings. The smallest absolute Gasteiger partial charge is 0.253 e. The van der Waals surface area contributed by atoms with Gasteiger partial charge in [-0.1, -0.05) is 6.07 Å². The molecule has 2 aliphatic rings. The Morgan fingerprint density at radius 3 is 2.93 bits per heavy atom. The summed E-state index contributed by atoms with van der Waals surface area (Å²) in [4.78, 5) is 24.3. The van der Waals surface area contributed by atoms with Crippen LogP contribution >= 0.6 is 0 Å². The summed E-state index contributed by atoms with van der Waals surface area (Å²) in [5, 5.41) is 3.23. The van der Waals surface area contributed by atoms with Crippen molar-refractivity contribution in [2.75, 3.05) is 32.8 Å². The second-order valence-corrected chi connectivity index (χ2v) is 7.94. The van der Waals surface area contributed by atoms with E-state index < -0.39 is 6.10 Å². The van der Waals surface area contributed by atoms with Crippen molar-refractivity contribution in [3.05, 3.63) is 41.4 Å². The normalized spacial score (nSPS) is 21.4. The number of carbonyl (C=O) groups is 1. The van der Waals surface area contributed by atoms with Crippen molar-refractivity contribution in [3.8, 4) is 0 Å². The van der Waals surface area contributed by atoms with Gasteiger partial charge in [0.1, 0.15) is 6.10 Å². The van der Waals surface area contributed by atoms with Gasteiger partial charge in [-0.2, -0.15) is 0 Å². The lowest BCUT2D eigenvalue weighted by molar-refractivity contribution is -0.147. The van der Waals surface area contributed by atoms with Gasteiger partial charge in [0.2, 0.25) is 0 Å². The average Bonchev–Trinajstić information content (AvgIpc) is 3.59. The first-order valence-electron chi connectivity index (χ1n) is 10.8. The van der Waals surface area contributed by atoms with Gasteiger partial charge in [0.15, 0.2) is 0 Å². The Bertz CT molecular complexity index is 784. The highest BCUT2D eigenvalue weighted by Gasteiger charge is 2.40. The van der Waals surface area contributed by atoms with Gasteiger partial charge in [-0.15, -0.1) is 0 Å². The maximum atomic E-state index is 13.2. The molecule has 1 aromatic rings. The van der Waals surface area contributed by atoms with E-state index in [1.54, 1.807) is 6.20 Å². The first-order valence-corrected chi connectivity index (χ1v) is 10.8. The highest BCUT2D eigenvalue weighted by Crippen LogP contribution is 2.31. The van der Waals surface area contributed by atoms with Crippen molar-refractivity contribution in [1.82, 2.24) is 15.2 Å². The van der Waals surface area contributed by atoms with Gasteiger partial charge in [-0.25, -0.2) is 0 Å². The van der Waals surface area contributed by atoms with Crippen LogP contribution in [0.4, 0.5) is 0 Å². The number of amides is 1. The molecule has 1 aliphatic heterocycles. The first kappa shape index (κ1) is 22.4. The van der Waals surface area contributed by atoms with Crippen LogP contribution in [0.3, 0.4) is 0 Å². The Morgan fingerprint density at radius 1 is 1.50 bits per heavy atom. The molecule has 0 spiro atoms. The molecule has 1 saturated heterocycles. The van der Waals surface area contributed by atoms with Crippen LogP contribution in [0.1, 0.15) is 37.4 Å². The Kier molecular flexibility index (Phi) is 7.95. The number of nitrogens with one attached hydrogen (secondary N) is 1. The SMILES string of the molecule is Cc1cccnc1C(C=C(N)[C@@H](C)N(C(=O)[C@H]1CNCCO1)C1CC1)=NCCCN. The number of nitrogens with two attached hydrogens (primary N) is 2. The molecular weight excluding hydrogens is 380 g/mol. The minimum Gasteiger partial charge on any atom is -0.400 e. The summed E-state index contributed by atoms with van der Waals surface area (Å²) in [5.74, 6) is 0.00388. The number of hydrogen-bond acceptors (Lipinski definition) is 7. The molecule has 1 aromatic heterocycles. The highest BCUT2D eigenvalue weighted by molar-refractivity contribution is 6.08. The van der Waals surface area contributed by atoms with E-state index in [0.717, 1.165) is 42.8 Å². The number of rotatable bonds is 9. The molecule has 3 rings (SSSR count). The lowest BCUT2D eigenvalue weighted by Crippen LogP contribution is -2.53. The third-order valence-corrected chi connectivity index (χ3v) is 5.50. The molecule has 2 atom stereocenters. The second-order valence-electron chi connectivity index (χ2n) is 7.94. The summed E-state index contributed by atoms with van der Waals surface area (Å²) in [5.41, 5.74) is 15.3. The van der Waals surface area contributed by atoms with E-state index in [-0.39, 0.29) is 18.0 Å². The van der Waals surface area contributed by atoms with Crippen molar-refractivity contribution in [2.24, 2.45) is 16.5 Å². The molecule has 1 amide bonds. The standard InChI is InChI=1S/C22H34N6O2/c1-15-5-3-9-27-21(15)19(26-10-4-8-23)13-18(24)16(2)28(17-6-7-17)22(29)20-14-25-11-12-30-20/h3,5,9,13,16-17,20,25H,4,6-8,10-12,14,23-24H2,1-2H3/t16-,20-/m1/s1. The molecule has 164 valence electrons. The Labute approximate surface area is 178 Å². The number of aromatic nitrogens is 1. The predicted octanol–water partition coefficient (Wildman–Crippen LogP) is 0.738. The predicted molar refractivity (Wildman–Crippen MR) is 118 cm³/mol. The van der Waals surface area contributed by atoms with E-state index in [9.17, 15) is 4.79 Å². The Hall–Kier alpha value is -2.29. The molecular formula is C22H34N6O2. The van der Waals surface area contributed by atoms with E-state index in [0.29, 0.717) is 31.9 Å². The van der Waals surface area contributed by atoms with Crippen molar-refractivity contribution in [3.63, 3.8) is 0 Å². The van der Waals surface area contributed by atoms with Crippen LogP contribution < -0.4 is 16.8 Å². The third-order valence-electron chi connectivity index (χ3n) is 5.50. The fourth-order valence-electron chi connectivity index (χ4n) is 3.60. The van der Waals surface area contributed by atoms with Crippen molar-refractivity contribution < 1.29 is 9.53 Å². The van der Waals surface area contributed by atoms with Crippen LogP contribution in [0.2, 0.25) is 0 Å². The van der Waals surface area contributed by atoms with Gasteiger partial charge in [0, 0.05) is 37.6 Å². The number of aliphatic imine (C=N–C) groups is 1. The first-order chi connectivity index (χ1) is 14.5. The fraction of sp³-hybridized carbons (Fsp3) is 0.591. The summed E-state index contributed by atoms with van der Waals surface area (Å²) in [7, 11) is 0. The number of nitrogens with zero attached hydrogens (tertiary/aromatic N) is 3. The summed E-state index contributed by atoms with van der Waals surface area (Å²) in [6.45, 7) is 7.02. The number of allylic oxidation sites excluding steroid dienone is 1. The Morgan fingerprint density at radius 2 is 2.30 bits per heavy atom. The van der Waals surface area contributed by atoms with Gasteiger partial charge in [-0.3, -0.25) is 14.8 Å². The third kappa shape index (κ3) is 5.65. The molecule has 1 aliphatic carbocycles. The van der Waals surface area contributed by atoms with Gasteiger partial charge < -0.3 is 26.4 Å². The zero-order chi connectivity index (χ0) is 21.5. The van der Waals surface area contributed by atoms with Gasteiger partial charge in [0.25, 0.3) is 5.91 Å². The van der Waals surface area contributed by atoms with E-state index in [1.807, 2.05) is 37.0 Å². The lowest BCUT2D eigenvalue weighted by atomic mass is 10.1. The molecule has 0 radical (unpaired) electrons. The largest absolute Gasteiger partial charge is 0.400 e. The molecule has 1 saturated carbocycles. The summed E-state index contributed by atoms with van der Waals surface area (Å²) in [6, 6.07) is 3.87. The molecule has 8 nitrogen and oxygen atoms in total. The quantitative estimate of drug-likeness (QED) is 0.405. The molecule has 0 aromatic carbocycles. The van der Waals surface area contributed by atoms with Crippen molar-refractivity contribution >= 4 is 11.6 Å². The van der Waals surface area contributed by atoms with Crippen LogP contribution in [0.5, 0.6) is 0 Å². The zero-order valence-electron chi connectivity index (χ0n) is 18.0. The minimum atomic E-state index is -0.453. The van der Waals surface area contributed by atoms with Gasteiger partial charge >= 0.3 is 0 Å². The molecule has 8 heteroatoms. The van der Waals surface area contributed by atoms with E-state index >= 15 is 0 Å². The van der Waals surface area contributed by atoms with Crippen molar-refractivity contribution in [1.29, 1.82) is 0 Å². The van der Waals surface area contributed by atoms with E-state index in [2.05, 4.69) is 10.3 Å². The number of ether oxygens (including phenoxy) is 1. The zero-order valence-corrected chi connectivity index (χ0v) is 18.0. The summed E-state index contributed by atoms with van der Waals surface area (Å²) >= 11 is 0. The number of carbonyl (C=O) groups excluding carboxylic acids is 1. The molecule has 30 heavy (non-hydrogen) atoms. The van der Waals surface area contributed by atoms with Crippen LogP contribution in [0.25, 0.3) is 0 Å². The lowest BCUT2D eigenvalue weighted by Gasteiger charge is -2.34. The molecule has 0 bridgehead atoms. The van der Waals surface area contributed by atoms with Gasteiger partial charge in [0.05, 0.1) is 24.1 Å². The fourth-order valence-corrected chi connectivity index (χ4v) is 3.60. The highest BCUT2D eigenvalue weighted by atomic mass is 16.5. The topological polar surface area (TPSA) is 119 Å². The molecule has 2 heterocycles. The summed E-state index contributed by atoms with van der Waals surface area (Å²) in [6.07, 6.45) is 5.95. The van der Waals surface area contributed by atoms with Crippen LogP contribution in [-0.4, -0.2) is 72.5 Å². The van der Waals surface area contributed by atoms with E-state index in [4.69, 9.17) is 21.2 Å². The van der Waals surface area contributed by atoms with Crippen LogP contribution in [0.15, 0.2) is 35.1 Å². The minimum absolute atomic E-state index is 0.00388. The maximum Gasteiger partial charge on any atom is 0.253 e. The van der Waals surface area contributed by atoms with Crippen LogP contribution in [-0.2, 0) is 9.53 Å². The number of morpholine rings is 1. The summed E-state index contributed by atoms with van der Waals surface area (Å²) < 4.78 is 5.70.